The van der Waals surface area contributed by atoms with Gasteiger partial charge in [-0.1, -0.05) is 0 Å². The maximum Gasteiger partial charge on any atom is 0.163 e. The average molecular weight is 170 g/mol. The zero-order chi connectivity index (χ0) is 8.77. The standard InChI is InChI=1S/C9H16NO2/c1-6-8-7(4-5-10-6)11-9(2,3)12-8/h4,6-8,10H,5H2,1-3H3/t6-,7-,8+/m1/s1. The Morgan fingerprint density at radius 2 is 2.17 bits per heavy atom. The van der Waals surface area contributed by atoms with E-state index in [4.69, 9.17) is 9.47 Å². The minimum atomic E-state index is -0.411. The molecule has 2 fully saturated rings. The van der Waals surface area contributed by atoms with E-state index in [-0.39, 0.29) is 12.2 Å². The molecule has 2 rings (SSSR count). The highest BCUT2D eigenvalue weighted by molar-refractivity contribution is 5.01. The molecule has 0 aromatic heterocycles. The van der Waals surface area contributed by atoms with Crippen LogP contribution in [0.5, 0.6) is 0 Å². The number of ether oxygens (including phenoxy) is 2. The molecule has 2 aliphatic rings. The van der Waals surface area contributed by atoms with E-state index in [0.29, 0.717) is 6.04 Å². The lowest BCUT2D eigenvalue weighted by atomic mass is 10.0. The van der Waals surface area contributed by atoms with Gasteiger partial charge in [0.15, 0.2) is 5.79 Å². The third-order valence-corrected chi connectivity index (χ3v) is 2.45. The third-order valence-electron chi connectivity index (χ3n) is 2.45. The van der Waals surface area contributed by atoms with Crippen LogP contribution in [0.1, 0.15) is 20.8 Å². The van der Waals surface area contributed by atoms with Crippen LogP contribution in [0.15, 0.2) is 0 Å². The van der Waals surface area contributed by atoms with Crippen LogP contribution in [0, 0.1) is 6.42 Å². The summed E-state index contributed by atoms with van der Waals surface area (Å²) in [5, 5.41) is 3.33. The predicted octanol–water partition coefficient (Wildman–Crippen LogP) is 0.702. The molecule has 0 aromatic rings. The van der Waals surface area contributed by atoms with Crippen molar-refractivity contribution in [3.63, 3.8) is 0 Å². The lowest BCUT2D eigenvalue weighted by Gasteiger charge is -2.29. The normalized spacial score (nSPS) is 45.8. The van der Waals surface area contributed by atoms with Crippen molar-refractivity contribution in [2.75, 3.05) is 6.54 Å². The van der Waals surface area contributed by atoms with Crippen molar-refractivity contribution in [1.29, 1.82) is 0 Å². The molecule has 2 saturated heterocycles. The zero-order valence-electron chi connectivity index (χ0n) is 7.83. The lowest BCUT2D eigenvalue weighted by molar-refractivity contribution is -0.144. The molecule has 0 saturated carbocycles. The fourth-order valence-electron chi connectivity index (χ4n) is 1.87. The summed E-state index contributed by atoms with van der Waals surface area (Å²) in [6.45, 7) is 6.98. The van der Waals surface area contributed by atoms with E-state index in [1.807, 2.05) is 13.8 Å². The maximum absolute atomic E-state index is 5.75. The first kappa shape index (κ1) is 8.48. The molecule has 0 amide bonds. The molecule has 3 heteroatoms. The van der Waals surface area contributed by atoms with Gasteiger partial charge in [0.25, 0.3) is 0 Å². The summed E-state index contributed by atoms with van der Waals surface area (Å²) >= 11 is 0. The number of hydrogen-bond donors (Lipinski definition) is 1. The van der Waals surface area contributed by atoms with E-state index in [1.165, 1.54) is 0 Å². The largest absolute Gasteiger partial charge is 0.344 e. The van der Waals surface area contributed by atoms with E-state index in [1.54, 1.807) is 0 Å². The van der Waals surface area contributed by atoms with Gasteiger partial charge >= 0.3 is 0 Å². The quantitative estimate of drug-likeness (QED) is 0.580. The van der Waals surface area contributed by atoms with Crippen LogP contribution in [0.4, 0.5) is 0 Å². The number of rotatable bonds is 0. The van der Waals surface area contributed by atoms with Gasteiger partial charge in [-0.2, -0.15) is 0 Å². The predicted molar refractivity (Wildman–Crippen MR) is 45.6 cm³/mol. The summed E-state index contributed by atoms with van der Waals surface area (Å²) in [6, 6.07) is 0.391. The van der Waals surface area contributed by atoms with Crippen LogP contribution in [0.3, 0.4) is 0 Å². The van der Waals surface area contributed by atoms with Crippen molar-refractivity contribution < 1.29 is 9.47 Å². The zero-order valence-corrected chi connectivity index (χ0v) is 7.83. The highest BCUT2D eigenvalue weighted by Crippen LogP contribution is 2.32. The van der Waals surface area contributed by atoms with Crippen molar-refractivity contribution in [3.05, 3.63) is 6.42 Å². The smallest absolute Gasteiger partial charge is 0.163 e. The summed E-state index contributed by atoms with van der Waals surface area (Å²) in [5.41, 5.74) is 0. The Kier molecular flexibility index (Phi) is 1.90. The fraction of sp³-hybridized carbons (Fsp3) is 0.889. The molecule has 0 aromatic carbocycles. The highest BCUT2D eigenvalue weighted by atomic mass is 16.8. The van der Waals surface area contributed by atoms with Crippen LogP contribution in [0.2, 0.25) is 0 Å². The molecule has 2 aliphatic heterocycles. The fourth-order valence-corrected chi connectivity index (χ4v) is 1.87. The Hall–Kier alpha value is -0.120. The van der Waals surface area contributed by atoms with Crippen LogP contribution < -0.4 is 5.32 Å². The monoisotopic (exact) mass is 170 g/mol. The Morgan fingerprint density at radius 3 is 2.83 bits per heavy atom. The molecule has 0 spiro atoms. The lowest BCUT2D eigenvalue weighted by Crippen LogP contribution is -2.49. The Bertz CT molecular complexity index is 181. The number of nitrogens with one attached hydrogen (secondary N) is 1. The first-order valence-electron chi connectivity index (χ1n) is 4.51. The minimum absolute atomic E-state index is 0.177. The van der Waals surface area contributed by atoms with E-state index in [0.717, 1.165) is 6.54 Å². The second-order valence-electron chi connectivity index (χ2n) is 4.00. The number of piperidine rings is 1. The van der Waals surface area contributed by atoms with Crippen LogP contribution in [-0.2, 0) is 9.47 Å². The van der Waals surface area contributed by atoms with Gasteiger partial charge in [-0.25, -0.2) is 0 Å². The maximum atomic E-state index is 5.75. The first-order chi connectivity index (χ1) is 5.58. The van der Waals surface area contributed by atoms with E-state index in [2.05, 4.69) is 18.7 Å². The van der Waals surface area contributed by atoms with Crippen LogP contribution in [-0.4, -0.2) is 30.6 Å². The first-order valence-corrected chi connectivity index (χ1v) is 4.51. The molecule has 0 aliphatic carbocycles. The van der Waals surface area contributed by atoms with Crippen molar-refractivity contribution in [2.45, 2.75) is 44.8 Å². The van der Waals surface area contributed by atoms with Gasteiger partial charge < -0.3 is 14.8 Å². The molecule has 12 heavy (non-hydrogen) atoms. The molecular weight excluding hydrogens is 154 g/mol. The Balaban J connectivity index is 2.09. The molecular formula is C9H16NO2. The second-order valence-corrected chi connectivity index (χ2v) is 4.00. The van der Waals surface area contributed by atoms with Gasteiger partial charge in [0, 0.05) is 19.0 Å². The molecule has 3 nitrogen and oxygen atoms in total. The summed E-state index contributed by atoms with van der Waals surface area (Å²) in [4.78, 5) is 0. The second kappa shape index (κ2) is 2.69. The van der Waals surface area contributed by atoms with Crippen molar-refractivity contribution in [1.82, 2.24) is 5.32 Å². The molecule has 1 N–H and O–H groups in total. The summed E-state index contributed by atoms with van der Waals surface area (Å²) in [5.74, 6) is -0.411. The van der Waals surface area contributed by atoms with Gasteiger partial charge in [0.1, 0.15) is 6.10 Å². The van der Waals surface area contributed by atoms with Gasteiger partial charge in [0.05, 0.1) is 6.10 Å². The molecule has 1 radical (unpaired) electrons. The van der Waals surface area contributed by atoms with Gasteiger partial charge in [0.2, 0.25) is 0 Å². The van der Waals surface area contributed by atoms with Gasteiger partial charge in [-0.15, -0.1) is 0 Å². The van der Waals surface area contributed by atoms with Crippen LogP contribution >= 0.6 is 0 Å². The molecule has 0 bridgehead atoms. The van der Waals surface area contributed by atoms with Gasteiger partial charge in [-0.3, -0.25) is 0 Å². The summed E-state index contributed by atoms with van der Waals surface area (Å²) < 4.78 is 11.5. The number of fused-ring (bicyclic) bond motifs is 1. The molecule has 2 heterocycles. The van der Waals surface area contributed by atoms with E-state index < -0.39 is 5.79 Å². The Morgan fingerprint density at radius 1 is 1.42 bits per heavy atom. The topological polar surface area (TPSA) is 30.5 Å². The molecule has 69 valence electrons. The number of hydrogen-bond acceptors (Lipinski definition) is 3. The third kappa shape index (κ3) is 1.37. The minimum Gasteiger partial charge on any atom is -0.344 e. The average Bonchev–Trinajstić information content (AvgIpc) is 2.25. The van der Waals surface area contributed by atoms with E-state index >= 15 is 0 Å². The van der Waals surface area contributed by atoms with Crippen LogP contribution in [0.25, 0.3) is 0 Å². The van der Waals surface area contributed by atoms with E-state index in [9.17, 15) is 0 Å². The van der Waals surface area contributed by atoms with Crippen molar-refractivity contribution in [3.8, 4) is 0 Å². The SMILES string of the molecule is C[C@H]1NC[CH][C@H]2OC(C)(C)O[C@@H]12. The molecule has 0 unspecified atom stereocenters. The van der Waals surface area contributed by atoms with Crippen molar-refractivity contribution >= 4 is 0 Å². The summed E-state index contributed by atoms with van der Waals surface area (Å²) in [7, 11) is 0. The van der Waals surface area contributed by atoms with Crippen molar-refractivity contribution in [2.24, 2.45) is 0 Å². The highest BCUT2D eigenvalue weighted by Gasteiger charge is 2.45. The Labute approximate surface area is 73.4 Å². The summed E-state index contributed by atoms with van der Waals surface area (Å²) in [6.07, 6.45) is 2.50. The van der Waals surface area contributed by atoms with Gasteiger partial charge in [-0.05, 0) is 20.8 Å². The molecule has 3 atom stereocenters.